The van der Waals surface area contributed by atoms with E-state index < -0.39 is 12.1 Å². The van der Waals surface area contributed by atoms with Crippen LogP contribution in [0.25, 0.3) is 0 Å². The lowest BCUT2D eigenvalue weighted by molar-refractivity contribution is -0.147. The molecule has 6 heteroatoms. The molecule has 1 rings (SSSR count). The minimum absolute atomic E-state index is 0.0156. The van der Waals surface area contributed by atoms with Crippen molar-refractivity contribution in [3.63, 3.8) is 0 Å². The first kappa shape index (κ1) is 12.7. The number of nitriles is 1. The highest BCUT2D eigenvalue weighted by atomic mass is 16.5. The maximum absolute atomic E-state index is 10.8. The number of rotatable bonds is 4. The predicted octanol–water partition coefficient (Wildman–Crippen LogP) is 0.497. The van der Waals surface area contributed by atoms with Crippen molar-refractivity contribution in [3.8, 4) is 11.8 Å². The average molecular weight is 235 g/mol. The first-order valence-corrected chi connectivity index (χ1v) is 4.53. The molecule has 0 amide bonds. The minimum Gasteiger partial charge on any atom is -0.496 e. The Hall–Kier alpha value is -2.39. The van der Waals surface area contributed by atoms with Gasteiger partial charge in [0.05, 0.1) is 24.3 Å². The van der Waals surface area contributed by atoms with Crippen LogP contribution in [-0.4, -0.2) is 29.6 Å². The van der Waals surface area contributed by atoms with Crippen LogP contribution in [0.1, 0.15) is 27.6 Å². The Morgan fingerprint density at radius 2 is 2.24 bits per heavy atom. The van der Waals surface area contributed by atoms with E-state index in [4.69, 9.17) is 15.1 Å². The Morgan fingerprint density at radius 1 is 1.59 bits per heavy atom. The smallest absolute Gasteiger partial charge is 0.337 e. The molecule has 0 aliphatic heterocycles. The number of hydrogen-bond donors (Lipinski definition) is 2. The highest BCUT2D eigenvalue weighted by molar-refractivity contribution is 5.84. The summed E-state index contributed by atoms with van der Waals surface area (Å²) in [4.78, 5) is 21.5. The number of hydrogen-bond acceptors (Lipinski definition) is 5. The van der Waals surface area contributed by atoms with Crippen LogP contribution in [0, 0.1) is 11.3 Å². The largest absolute Gasteiger partial charge is 0.496 e. The van der Waals surface area contributed by atoms with Gasteiger partial charge in [0.1, 0.15) is 5.75 Å². The van der Waals surface area contributed by atoms with Crippen molar-refractivity contribution in [3.05, 3.63) is 28.8 Å². The van der Waals surface area contributed by atoms with E-state index in [1.165, 1.54) is 19.2 Å². The molecule has 88 valence electrons. The van der Waals surface area contributed by atoms with Crippen LogP contribution in [0.5, 0.6) is 5.75 Å². The van der Waals surface area contributed by atoms with Crippen LogP contribution in [0.3, 0.4) is 0 Å². The number of carboxylic acid groups (broad SMARTS) is 1. The molecular formula is C11H9NO5. The number of carboxylic acids is 1. The van der Waals surface area contributed by atoms with E-state index in [1.54, 1.807) is 6.07 Å². The number of aldehydes is 1. The molecule has 17 heavy (non-hydrogen) atoms. The molecule has 0 spiro atoms. The zero-order chi connectivity index (χ0) is 13.0. The summed E-state index contributed by atoms with van der Waals surface area (Å²) in [6.45, 7) is 0. The van der Waals surface area contributed by atoms with Crippen LogP contribution in [-0.2, 0) is 4.79 Å². The third-order valence-electron chi connectivity index (χ3n) is 2.14. The fraction of sp³-hybridized carbons (Fsp3) is 0.182. The van der Waals surface area contributed by atoms with Gasteiger partial charge in [0.2, 0.25) is 0 Å². The third-order valence-corrected chi connectivity index (χ3v) is 2.14. The summed E-state index contributed by atoms with van der Waals surface area (Å²) < 4.78 is 4.87. The number of carbonyl (C=O) groups excluding carboxylic acids is 1. The maximum atomic E-state index is 10.8. The molecule has 0 radical (unpaired) electrons. The molecular weight excluding hydrogens is 226 g/mol. The molecule has 6 nitrogen and oxygen atoms in total. The van der Waals surface area contributed by atoms with Crippen LogP contribution >= 0.6 is 0 Å². The maximum Gasteiger partial charge on any atom is 0.337 e. The second-order valence-electron chi connectivity index (χ2n) is 3.16. The van der Waals surface area contributed by atoms with Gasteiger partial charge in [0.15, 0.2) is 12.4 Å². The second kappa shape index (κ2) is 5.09. The number of methoxy groups -OCH3 is 1. The van der Waals surface area contributed by atoms with Crippen molar-refractivity contribution >= 4 is 12.3 Å². The molecule has 1 aromatic carbocycles. The summed E-state index contributed by atoms with van der Waals surface area (Å²) >= 11 is 0. The van der Waals surface area contributed by atoms with Gasteiger partial charge in [-0.25, -0.2) is 4.79 Å². The fourth-order valence-electron chi connectivity index (χ4n) is 1.40. The fourth-order valence-corrected chi connectivity index (χ4v) is 1.40. The van der Waals surface area contributed by atoms with Crippen molar-refractivity contribution in [2.24, 2.45) is 0 Å². The van der Waals surface area contributed by atoms with Crippen LogP contribution in [0.4, 0.5) is 0 Å². The zero-order valence-corrected chi connectivity index (χ0v) is 8.88. The third kappa shape index (κ3) is 2.41. The van der Waals surface area contributed by atoms with E-state index in [9.17, 15) is 14.7 Å². The van der Waals surface area contributed by atoms with Gasteiger partial charge in [-0.1, -0.05) is 0 Å². The van der Waals surface area contributed by atoms with Crippen molar-refractivity contribution in [2.75, 3.05) is 7.11 Å². The van der Waals surface area contributed by atoms with Gasteiger partial charge in [-0.2, -0.15) is 5.26 Å². The molecule has 0 heterocycles. The SMILES string of the molecule is COc1c(C=O)cc(C#N)cc1C(O)C(=O)O. The Kier molecular flexibility index (Phi) is 3.80. The molecule has 2 N–H and O–H groups in total. The standard InChI is InChI=1S/C11H9NO5/c1-17-10-7(5-13)2-6(4-12)3-8(10)9(14)11(15)16/h2-3,5,9,14H,1H3,(H,15,16). The average Bonchev–Trinajstić information content (AvgIpc) is 2.35. The lowest BCUT2D eigenvalue weighted by atomic mass is 10.0. The monoisotopic (exact) mass is 235 g/mol. The molecule has 1 unspecified atom stereocenters. The lowest BCUT2D eigenvalue weighted by Crippen LogP contribution is -2.13. The number of aliphatic hydroxyl groups excluding tert-OH is 1. The van der Waals surface area contributed by atoms with Gasteiger partial charge < -0.3 is 14.9 Å². The van der Waals surface area contributed by atoms with E-state index in [-0.39, 0.29) is 22.4 Å². The molecule has 0 fully saturated rings. The summed E-state index contributed by atoms with van der Waals surface area (Å²) in [7, 11) is 1.24. The molecule has 1 atom stereocenters. The number of benzene rings is 1. The molecule has 0 aromatic heterocycles. The topological polar surface area (TPSA) is 108 Å². The van der Waals surface area contributed by atoms with Crippen LogP contribution in [0.2, 0.25) is 0 Å². The summed E-state index contributed by atoms with van der Waals surface area (Å²) in [5.41, 5.74) is -0.0359. The van der Waals surface area contributed by atoms with Gasteiger partial charge >= 0.3 is 5.97 Å². The summed E-state index contributed by atoms with van der Waals surface area (Å²) in [6.07, 6.45) is -1.42. The van der Waals surface area contributed by atoms with Crippen molar-refractivity contribution < 1.29 is 24.5 Å². The van der Waals surface area contributed by atoms with Gasteiger partial charge in [0.25, 0.3) is 0 Å². The Morgan fingerprint density at radius 3 is 2.65 bits per heavy atom. The summed E-state index contributed by atoms with van der Waals surface area (Å²) in [5.74, 6) is -1.54. The summed E-state index contributed by atoms with van der Waals surface area (Å²) in [5, 5.41) is 26.9. The number of nitrogens with zero attached hydrogens (tertiary/aromatic N) is 1. The van der Waals surface area contributed by atoms with Crippen molar-refractivity contribution in [2.45, 2.75) is 6.10 Å². The van der Waals surface area contributed by atoms with Crippen LogP contribution in [0.15, 0.2) is 12.1 Å². The van der Waals surface area contributed by atoms with E-state index in [0.29, 0.717) is 6.29 Å². The van der Waals surface area contributed by atoms with Crippen molar-refractivity contribution in [1.29, 1.82) is 5.26 Å². The van der Waals surface area contributed by atoms with Gasteiger partial charge in [-0.05, 0) is 12.1 Å². The number of aliphatic hydroxyl groups is 1. The van der Waals surface area contributed by atoms with E-state index >= 15 is 0 Å². The zero-order valence-electron chi connectivity index (χ0n) is 8.88. The Bertz CT molecular complexity index is 503. The quantitative estimate of drug-likeness (QED) is 0.735. The summed E-state index contributed by atoms with van der Waals surface area (Å²) in [6, 6.07) is 4.19. The first-order chi connectivity index (χ1) is 8.04. The molecule has 0 bridgehead atoms. The van der Waals surface area contributed by atoms with Gasteiger partial charge in [0, 0.05) is 5.56 Å². The van der Waals surface area contributed by atoms with E-state index in [1.807, 2.05) is 0 Å². The highest BCUT2D eigenvalue weighted by Gasteiger charge is 2.23. The van der Waals surface area contributed by atoms with Crippen LogP contribution < -0.4 is 4.74 Å². The lowest BCUT2D eigenvalue weighted by Gasteiger charge is -2.13. The Labute approximate surface area is 96.7 Å². The first-order valence-electron chi connectivity index (χ1n) is 4.53. The van der Waals surface area contributed by atoms with E-state index in [0.717, 1.165) is 0 Å². The Balaban J connectivity index is 3.50. The molecule has 0 saturated heterocycles. The number of carbonyl (C=O) groups is 2. The van der Waals surface area contributed by atoms with Crippen molar-refractivity contribution in [1.82, 2.24) is 0 Å². The molecule has 0 saturated carbocycles. The molecule has 1 aromatic rings. The predicted molar refractivity (Wildman–Crippen MR) is 55.7 cm³/mol. The molecule has 0 aliphatic carbocycles. The second-order valence-corrected chi connectivity index (χ2v) is 3.16. The van der Waals surface area contributed by atoms with E-state index in [2.05, 4.69) is 0 Å². The normalized spacial score (nSPS) is 11.4. The number of aliphatic carboxylic acids is 1. The van der Waals surface area contributed by atoms with Gasteiger partial charge in [-0.15, -0.1) is 0 Å². The highest BCUT2D eigenvalue weighted by Crippen LogP contribution is 2.29. The van der Waals surface area contributed by atoms with Gasteiger partial charge in [-0.3, -0.25) is 4.79 Å². The minimum atomic E-state index is -1.85. The molecule has 0 aliphatic rings. The number of ether oxygens (including phenoxy) is 1.